The van der Waals surface area contributed by atoms with E-state index >= 15 is 0 Å². The van der Waals surface area contributed by atoms with Crippen LogP contribution in [0.5, 0.6) is 5.75 Å². The Balaban J connectivity index is 2.80. The number of aryl methyl sites for hydroxylation is 1. The van der Waals surface area contributed by atoms with Crippen molar-refractivity contribution in [2.45, 2.75) is 6.92 Å². The number of hydrogen-bond donors (Lipinski definition) is 0. The second-order valence-corrected chi connectivity index (χ2v) is 3.16. The molecule has 0 N–H and O–H groups in total. The number of fused-ring (bicyclic) bond motifs is 1. The number of methoxy groups -OCH3 is 1. The maximum atomic E-state index is 5.94. The van der Waals surface area contributed by atoms with Crippen molar-refractivity contribution in [3.8, 4) is 5.75 Å². The van der Waals surface area contributed by atoms with Crippen LogP contribution in [0.4, 0.5) is 0 Å². The van der Waals surface area contributed by atoms with Gasteiger partial charge >= 0.3 is 0 Å². The number of rotatable bonds is 1. The molecule has 2 aromatic rings. The smallest absolute Gasteiger partial charge is 0.185 e. The van der Waals surface area contributed by atoms with E-state index in [1.54, 1.807) is 13.2 Å². The standard InChI is InChI=1S/C9H8ClNO2/c1-5-7-3-6(12-2)4-8(10)9(7)13-11-5/h3-4H,1-2H3. The van der Waals surface area contributed by atoms with E-state index in [4.69, 9.17) is 20.9 Å². The van der Waals surface area contributed by atoms with Crippen LogP contribution in [0.15, 0.2) is 16.7 Å². The summed E-state index contributed by atoms with van der Waals surface area (Å²) >= 11 is 5.94. The summed E-state index contributed by atoms with van der Waals surface area (Å²) in [5, 5.41) is 5.23. The van der Waals surface area contributed by atoms with Gasteiger partial charge in [-0.15, -0.1) is 0 Å². The van der Waals surface area contributed by atoms with Crippen LogP contribution in [0.25, 0.3) is 11.0 Å². The quantitative estimate of drug-likeness (QED) is 0.705. The van der Waals surface area contributed by atoms with Gasteiger partial charge in [-0.05, 0) is 13.0 Å². The zero-order valence-corrected chi connectivity index (χ0v) is 8.05. The maximum absolute atomic E-state index is 5.94. The molecule has 0 aliphatic carbocycles. The molecule has 0 radical (unpaired) electrons. The van der Waals surface area contributed by atoms with E-state index in [2.05, 4.69) is 5.16 Å². The number of ether oxygens (including phenoxy) is 1. The molecule has 0 aliphatic heterocycles. The third-order valence-corrected chi connectivity index (χ3v) is 2.20. The first-order valence-electron chi connectivity index (χ1n) is 3.82. The minimum absolute atomic E-state index is 0.523. The fourth-order valence-electron chi connectivity index (χ4n) is 1.21. The average molecular weight is 198 g/mol. The molecular weight excluding hydrogens is 190 g/mol. The molecule has 0 aliphatic rings. The molecule has 2 rings (SSSR count). The molecule has 1 aromatic heterocycles. The second kappa shape index (κ2) is 2.92. The van der Waals surface area contributed by atoms with Gasteiger partial charge in [0, 0.05) is 11.5 Å². The van der Waals surface area contributed by atoms with Gasteiger partial charge in [0.25, 0.3) is 0 Å². The molecule has 3 nitrogen and oxygen atoms in total. The predicted molar refractivity (Wildman–Crippen MR) is 50.3 cm³/mol. The highest BCUT2D eigenvalue weighted by Gasteiger charge is 2.09. The highest BCUT2D eigenvalue weighted by atomic mass is 35.5. The summed E-state index contributed by atoms with van der Waals surface area (Å²) in [6, 6.07) is 3.56. The van der Waals surface area contributed by atoms with E-state index in [0.717, 1.165) is 11.1 Å². The molecule has 0 saturated carbocycles. The maximum Gasteiger partial charge on any atom is 0.185 e. The van der Waals surface area contributed by atoms with Crippen molar-refractivity contribution < 1.29 is 9.26 Å². The molecule has 4 heteroatoms. The Morgan fingerprint density at radius 2 is 2.23 bits per heavy atom. The third-order valence-electron chi connectivity index (χ3n) is 1.92. The Bertz CT molecular complexity index is 450. The van der Waals surface area contributed by atoms with Crippen LogP contribution in [-0.2, 0) is 0 Å². The minimum atomic E-state index is 0.523. The van der Waals surface area contributed by atoms with Gasteiger partial charge < -0.3 is 9.26 Å². The molecule has 0 bridgehead atoms. The summed E-state index contributed by atoms with van der Waals surface area (Å²) in [6.45, 7) is 1.86. The fourth-order valence-corrected chi connectivity index (χ4v) is 1.46. The normalized spacial score (nSPS) is 10.7. The molecule has 0 saturated heterocycles. The van der Waals surface area contributed by atoms with Crippen molar-refractivity contribution in [1.82, 2.24) is 5.16 Å². The summed E-state index contributed by atoms with van der Waals surface area (Å²) in [7, 11) is 1.60. The largest absolute Gasteiger partial charge is 0.497 e. The van der Waals surface area contributed by atoms with Crippen LogP contribution in [0, 0.1) is 6.92 Å². The summed E-state index contributed by atoms with van der Waals surface area (Å²) in [6.07, 6.45) is 0. The summed E-state index contributed by atoms with van der Waals surface area (Å²) < 4.78 is 10.1. The van der Waals surface area contributed by atoms with Gasteiger partial charge in [-0.2, -0.15) is 0 Å². The van der Waals surface area contributed by atoms with E-state index in [1.165, 1.54) is 0 Å². The van der Waals surface area contributed by atoms with E-state index in [1.807, 2.05) is 13.0 Å². The molecule has 1 aromatic carbocycles. The van der Waals surface area contributed by atoms with Gasteiger partial charge in [0.15, 0.2) is 5.58 Å². The highest BCUT2D eigenvalue weighted by Crippen LogP contribution is 2.30. The number of halogens is 1. The second-order valence-electron chi connectivity index (χ2n) is 2.75. The van der Waals surface area contributed by atoms with Crippen LogP contribution >= 0.6 is 11.6 Å². The highest BCUT2D eigenvalue weighted by molar-refractivity contribution is 6.35. The SMILES string of the molecule is COc1cc(Cl)c2onc(C)c2c1. The first kappa shape index (κ1) is 8.38. The van der Waals surface area contributed by atoms with Gasteiger partial charge in [0.1, 0.15) is 5.75 Å². The third kappa shape index (κ3) is 1.25. The monoisotopic (exact) mass is 197 g/mol. The molecular formula is C9H8ClNO2. The van der Waals surface area contributed by atoms with Gasteiger partial charge in [-0.3, -0.25) is 0 Å². The molecule has 1 heterocycles. The zero-order chi connectivity index (χ0) is 9.42. The van der Waals surface area contributed by atoms with Crippen LogP contribution < -0.4 is 4.74 Å². The number of benzene rings is 1. The lowest BCUT2D eigenvalue weighted by Crippen LogP contribution is -1.82. The van der Waals surface area contributed by atoms with Gasteiger partial charge in [-0.1, -0.05) is 16.8 Å². The average Bonchev–Trinajstić information content (AvgIpc) is 2.48. The van der Waals surface area contributed by atoms with Crippen molar-refractivity contribution in [3.63, 3.8) is 0 Å². The molecule has 0 amide bonds. The molecule has 0 fully saturated rings. The molecule has 0 unspecified atom stereocenters. The lowest BCUT2D eigenvalue weighted by molar-refractivity contribution is 0.415. The molecule has 0 atom stereocenters. The lowest BCUT2D eigenvalue weighted by atomic mass is 10.2. The number of nitrogens with zero attached hydrogens (tertiary/aromatic N) is 1. The molecule has 0 spiro atoms. The Morgan fingerprint density at radius 1 is 1.46 bits per heavy atom. The Morgan fingerprint density at radius 3 is 2.92 bits per heavy atom. The van der Waals surface area contributed by atoms with E-state index in [9.17, 15) is 0 Å². The van der Waals surface area contributed by atoms with Crippen LogP contribution in [0.1, 0.15) is 5.69 Å². The van der Waals surface area contributed by atoms with E-state index in [-0.39, 0.29) is 0 Å². The summed E-state index contributed by atoms with van der Waals surface area (Å²) in [5.41, 5.74) is 1.43. The molecule has 68 valence electrons. The van der Waals surface area contributed by atoms with Crippen LogP contribution in [0.3, 0.4) is 0 Å². The predicted octanol–water partition coefficient (Wildman–Crippen LogP) is 2.80. The van der Waals surface area contributed by atoms with Crippen molar-refractivity contribution in [2.24, 2.45) is 0 Å². The van der Waals surface area contributed by atoms with Gasteiger partial charge in [0.05, 0.1) is 17.8 Å². The van der Waals surface area contributed by atoms with E-state index in [0.29, 0.717) is 16.4 Å². The minimum Gasteiger partial charge on any atom is -0.497 e. The Hall–Kier alpha value is -1.22. The van der Waals surface area contributed by atoms with Crippen molar-refractivity contribution in [1.29, 1.82) is 0 Å². The Labute approximate surface area is 80.2 Å². The van der Waals surface area contributed by atoms with Crippen molar-refractivity contribution in [2.75, 3.05) is 7.11 Å². The van der Waals surface area contributed by atoms with Gasteiger partial charge in [0.2, 0.25) is 0 Å². The van der Waals surface area contributed by atoms with Crippen LogP contribution in [0.2, 0.25) is 5.02 Å². The number of hydrogen-bond acceptors (Lipinski definition) is 3. The first-order chi connectivity index (χ1) is 6.22. The first-order valence-corrected chi connectivity index (χ1v) is 4.19. The summed E-state index contributed by atoms with van der Waals surface area (Å²) in [4.78, 5) is 0. The molecule has 13 heavy (non-hydrogen) atoms. The summed E-state index contributed by atoms with van der Waals surface area (Å²) in [5.74, 6) is 0.712. The zero-order valence-electron chi connectivity index (χ0n) is 7.30. The van der Waals surface area contributed by atoms with Crippen LogP contribution in [-0.4, -0.2) is 12.3 Å². The van der Waals surface area contributed by atoms with Gasteiger partial charge in [-0.25, -0.2) is 0 Å². The van der Waals surface area contributed by atoms with Crippen molar-refractivity contribution in [3.05, 3.63) is 22.8 Å². The lowest BCUT2D eigenvalue weighted by Gasteiger charge is -1.99. The van der Waals surface area contributed by atoms with E-state index < -0.39 is 0 Å². The topological polar surface area (TPSA) is 35.3 Å². The Kier molecular flexibility index (Phi) is 1.88. The number of aromatic nitrogens is 1. The van der Waals surface area contributed by atoms with Crippen molar-refractivity contribution >= 4 is 22.6 Å². The fraction of sp³-hybridized carbons (Fsp3) is 0.222.